The number of likely N-dealkylation sites (tertiary alicyclic amines) is 1. The maximum atomic E-state index is 11.8. The summed E-state index contributed by atoms with van der Waals surface area (Å²) in [5.41, 5.74) is 0.135. The molecule has 2 rings (SSSR count). The fraction of sp³-hybridized carbons (Fsp3) is 0.538. The molecule has 0 aromatic carbocycles. The van der Waals surface area contributed by atoms with E-state index in [4.69, 9.17) is 9.52 Å². The highest BCUT2D eigenvalue weighted by molar-refractivity contribution is 5.88. The summed E-state index contributed by atoms with van der Waals surface area (Å²) in [6.07, 6.45) is 1.89. The van der Waals surface area contributed by atoms with Gasteiger partial charge in [-0.15, -0.1) is 0 Å². The second-order valence-corrected chi connectivity index (χ2v) is 5.05. The summed E-state index contributed by atoms with van der Waals surface area (Å²) < 4.78 is 5.16. The van der Waals surface area contributed by atoms with Gasteiger partial charge in [-0.05, 0) is 17.9 Å². The number of carbonyl (C=O) groups is 2. The normalized spacial score (nSPS) is 19.8. The lowest BCUT2D eigenvalue weighted by atomic mass is 9.95. The molecule has 98 valence electrons. The van der Waals surface area contributed by atoms with Crippen LogP contribution in [0.2, 0.25) is 0 Å². The minimum absolute atomic E-state index is 0.0708. The molecule has 0 aliphatic carbocycles. The SMILES string of the molecule is CC(C)C1CC(=O)N(Cc2occc2C(=O)O)C1. The van der Waals surface area contributed by atoms with Crippen molar-refractivity contribution >= 4 is 11.9 Å². The molecule has 1 aromatic rings. The van der Waals surface area contributed by atoms with Crippen LogP contribution in [0.5, 0.6) is 0 Å². The molecule has 18 heavy (non-hydrogen) atoms. The largest absolute Gasteiger partial charge is 0.478 e. The van der Waals surface area contributed by atoms with E-state index in [1.165, 1.54) is 12.3 Å². The smallest absolute Gasteiger partial charge is 0.339 e. The van der Waals surface area contributed by atoms with Gasteiger partial charge in [-0.2, -0.15) is 0 Å². The third-order valence-electron chi connectivity index (χ3n) is 3.50. The van der Waals surface area contributed by atoms with Gasteiger partial charge in [0.1, 0.15) is 11.3 Å². The molecule has 0 spiro atoms. The number of carboxylic acids is 1. The molecule has 1 saturated heterocycles. The van der Waals surface area contributed by atoms with E-state index in [1.54, 1.807) is 4.90 Å². The molecule has 0 saturated carbocycles. The lowest BCUT2D eigenvalue weighted by Crippen LogP contribution is -2.25. The Morgan fingerprint density at radius 1 is 1.61 bits per heavy atom. The molecule has 1 N–H and O–H groups in total. The maximum Gasteiger partial charge on any atom is 0.339 e. The van der Waals surface area contributed by atoms with Gasteiger partial charge in [-0.25, -0.2) is 4.79 Å². The van der Waals surface area contributed by atoms with Crippen molar-refractivity contribution in [1.29, 1.82) is 0 Å². The Kier molecular flexibility index (Phi) is 3.41. The summed E-state index contributed by atoms with van der Waals surface area (Å²) in [5.74, 6) is 0.197. The third kappa shape index (κ3) is 2.39. The molecule has 5 heteroatoms. The van der Waals surface area contributed by atoms with Crippen LogP contribution < -0.4 is 0 Å². The van der Waals surface area contributed by atoms with Crippen LogP contribution in [0.1, 0.15) is 36.4 Å². The third-order valence-corrected chi connectivity index (χ3v) is 3.50. The van der Waals surface area contributed by atoms with E-state index in [0.29, 0.717) is 30.6 Å². The summed E-state index contributed by atoms with van der Waals surface area (Å²) in [5, 5.41) is 8.97. The van der Waals surface area contributed by atoms with Crippen LogP contribution in [0, 0.1) is 11.8 Å². The predicted octanol–water partition coefficient (Wildman–Crippen LogP) is 1.98. The van der Waals surface area contributed by atoms with E-state index in [0.717, 1.165) is 0 Å². The summed E-state index contributed by atoms with van der Waals surface area (Å²) in [6.45, 7) is 5.11. The molecule has 1 aliphatic rings. The minimum Gasteiger partial charge on any atom is -0.478 e. The van der Waals surface area contributed by atoms with E-state index in [1.807, 2.05) is 0 Å². The summed E-state index contributed by atoms with van der Waals surface area (Å²) in [4.78, 5) is 24.5. The molecule has 0 radical (unpaired) electrons. The lowest BCUT2D eigenvalue weighted by molar-refractivity contribution is -0.128. The van der Waals surface area contributed by atoms with Crippen molar-refractivity contribution in [3.05, 3.63) is 23.7 Å². The molecule has 1 atom stereocenters. The highest BCUT2D eigenvalue weighted by Crippen LogP contribution is 2.26. The zero-order valence-corrected chi connectivity index (χ0v) is 10.5. The Labute approximate surface area is 105 Å². The molecule has 1 aromatic heterocycles. The standard InChI is InChI=1S/C13H17NO4/c1-8(2)9-5-12(15)14(6-9)7-11-10(13(16)17)3-4-18-11/h3-4,8-9H,5-7H2,1-2H3,(H,16,17). The van der Waals surface area contributed by atoms with Gasteiger partial charge in [0.05, 0.1) is 12.8 Å². The summed E-state index contributed by atoms with van der Waals surface area (Å²) in [6, 6.07) is 1.41. The number of nitrogens with zero attached hydrogens (tertiary/aromatic N) is 1. The Morgan fingerprint density at radius 2 is 2.33 bits per heavy atom. The van der Waals surface area contributed by atoms with Gasteiger partial charge in [0.15, 0.2) is 0 Å². The van der Waals surface area contributed by atoms with Crippen LogP contribution in [0.3, 0.4) is 0 Å². The van der Waals surface area contributed by atoms with E-state index in [2.05, 4.69) is 13.8 Å². The zero-order valence-electron chi connectivity index (χ0n) is 10.5. The van der Waals surface area contributed by atoms with Crippen molar-refractivity contribution in [1.82, 2.24) is 4.90 Å². The highest BCUT2D eigenvalue weighted by Gasteiger charge is 2.32. The fourth-order valence-corrected chi connectivity index (χ4v) is 2.23. The molecule has 0 bridgehead atoms. The van der Waals surface area contributed by atoms with Gasteiger partial charge in [0, 0.05) is 13.0 Å². The van der Waals surface area contributed by atoms with Crippen molar-refractivity contribution in [3.63, 3.8) is 0 Å². The summed E-state index contributed by atoms with van der Waals surface area (Å²) >= 11 is 0. The Balaban J connectivity index is 2.08. The number of furan rings is 1. The van der Waals surface area contributed by atoms with E-state index in [9.17, 15) is 9.59 Å². The van der Waals surface area contributed by atoms with Crippen molar-refractivity contribution in [2.75, 3.05) is 6.54 Å². The average Bonchev–Trinajstić information content (AvgIpc) is 2.87. The Hall–Kier alpha value is -1.78. The number of carbonyl (C=O) groups excluding carboxylic acids is 1. The predicted molar refractivity (Wildman–Crippen MR) is 64.0 cm³/mol. The van der Waals surface area contributed by atoms with Crippen LogP contribution >= 0.6 is 0 Å². The van der Waals surface area contributed by atoms with Crippen molar-refractivity contribution in [3.8, 4) is 0 Å². The molecule has 1 amide bonds. The molecule has 1 fully saturated rings. The first-order valence-electron chi connectivity index (χ1n) is 6.06. The van der Waals surface area contributed by atoms with Gasteiger partial charge in [0.2, 0.25) is 5.91 Å². The maximum absolute atomic E-state index is 11.8. The van der Waals surface area contributed by atoms with Crippen molar-refractivity contribution in [2.45, 2.75) is 26.8 Å². The van der Waals surface area contributed by atoms with Crippen molar-refractivity contribution < 1.29 is 19.1 Å². The lowest BCUT2D eigenvalue weighted by Gasteiger charge is -2.17. The molecular weight excluding hydrogens is 234 g/mol. The molecular formula is C13H17NO4. The number of aromatic carboxylic acids is 1. The highest BCUT2D eigenvalue weighted by atomic mass is 16.4. The quantitative estimate of drug-likeness (QED) is 0.888. The molecule has 5 nitrogen and oxygen atoms in total. The Morgan fingerprint density at radius 3 is 2.89 bits per heavy atom. The van der Waals surface area contributed by atoms with Crippen LogP contribution in [-0.4, -0.2) is 28.4 Å². The topological polar surface area (TPSA) is 70.8 Å². The van der Waals surface area contributed by atoms with Crippen LogP contribution in [0.15, 0.2) is 16.7 Å². The second-order valence-electron chi connectivity index (χ2n) is 5.05. The van der Waals surface area contributed by atoms with Gasteiger partial charge < -0.3 is 14.4 Å². The van der Waals surface area contributed by atoms with E-state index in [-0.39, 0.29) is 18.0 Å². The van der Waals surface area contributed by atoms with Crippen molar-refractivity contribution in [2.24, 2.45) is 11.8 Å². The number of hydrogen-bond acceptors (Lipinski definition) is 3. The van der Waals surface area contributed by atoms with Crippen LogP contribution in [-0.2, 0) is 11.3 Å². The number of rotatable bonds is 4. The Bertz CT molecular complexity index is 463. The van der Waals surface area contributed by atoms with Gasteiger partial charge in [-0.3, -0.25) is 4.79 Å². The fourth-order valence-electron chi connectivity index (χ4n) is 2.23. The number of hydrogen-bond donors (Lipinski definition) is 1. The molecule has 1 aliphatic heterocycles. The number of amides is 1. The first-order chi connectivity index (χ1) is 8.49. The first kappa shape index (κ1) is 12.7. The minimum atomic E-state index is -1.02. The second kappa shape index (κ2) is 4.84. The first-order valence-corrected chi connectivity index (χ1v) is 6.06. The monoisotopic (exact) mass is 251 g/mol. The zero-order chi connectivity index (χ0) is 13.3. The van der Waals surface area contributed by atoms with E-state index < -0.39 is 5.97 Å². The number of carboxylic acid groups (broad SMARTS) is 1. The van der Waals surface area contributed by atoms with Crippen LogP contribution in [0.4, 0.5) is 0 Å². The molecule has 2 heterocycles. The van der Waals surface area contributed by atoms with Gasteiger partial charge in [0.25, 0.3) is 0 Å². The van der Waals surface area contributed by atoms with Crippen LogP contribution in [0.25, 0.3) is 0 Å². The van der Waals surface area contributed by atoms with Gasteiger partial charge in [-0.1, -0.05) is 13.8 Å². The van der Waals surface area contributed by atoms with Gasteiger partial charge >= 0.3 is 5.97 Å². The molecule has 1 unspecified atom stereocenters. The summed E-state index contributed by atoms with van der Waals surface area (Å²) in [7, 11) is 0. The van der Waals surface area contributed by atoms with E-state index >= 15 is 0 Å². The average molecular weight is 251 g/mol.